The number of hydrogen-bond acceptors (Lipinski definition) is 1. The summed E-state index contributed by atoms with van der Waals surface area (Å²) in [6, 6.07) is 18.0. The summed E-state index contributed by atoms with van der Waals surface area (Å²) >= 11 is 0. The maximum atomic E-state index is 12.0. The van der Waals surface area contributed by atoms with Crippen LogP contribution in [0.4, 0.5) is 4.79 Å². The van der Waals surface area contributed by atoms with Gasteiger partial charge in [0.05, 0.1) is 0 Å². The molecule has 118 valence electrons. The molecule has 0 aliphatic heterocycles. The van der Waals surface area contributed by atoms with Gasteiger partial charge in [-0.25, -0.2) is 4.79 Å². The molecule has 3 rings (SSSR count). The number of rotatable bonds is 4. The van der Waals surface area contributed by atoms with E-state index >= 15 is 0 Å². The monoisotopic (exact) mass is 307 g/mol. The van der Waals surface area contributed by atoms with Crippen LogP contribution in [0, 0.1) is 6.92 Å². The number of benzene rings is 2. The first-order valence-corrected chi connectivity index (χ1v) is 7.75. The standard InChI is InChI=1S/C19H21N3O/c1-14-17(16-10-6-7-11-18(16)22(14)2)13-21-19(23)20-12-15-8-4-3-5-9-15/h3-11H,12-13H2,1-2H3,(H2,20,21,23). The van der Waals surface area contributed by atoms with Crippen LogP contribution in [0.25, 0.3) is 10.9 Å². The van der Waals surface area contributed by atoms with Gasteiger partial charge < -0.3 is 15.2 Å². The maximum absolute atomic E-state index is 12.0. The van der Waals surface area contributed by atoms with E-state index in [9.17, 15) is 4.79 Å². The lowest BCUT2D eigenvalue weighted by Crippen LogP contribution is -2.34. The van der Waals surface area contributed by atoms with Crippen molar-refractivity contribution in [1.82, 2.24) is 15.2 Å². The van der Waals surface area contributed by atoms with E-state index in [0.29, 0.717) is 13.1 Å². The average Bonchev–Trinajstić information content (AvgIpc) is 2.83. The van der Waals surface area contributed by atoms with Crippen LogP contribution in [0.5, 0.6) is 0 Å². The summed E-state index contributed by atoms with van der Waals surface area (Å²) in [6.45, 7) is 3.13. The van der Waals surface area contributed by atoms with Crippen molar-refractivity contribution in [1.29, 1.82) is 0 Å². The summed E-state index contributed by atoms with van der Waals surface area (Å²) < 4.78 is 2.16. The first kappa shape index (κ1) is 15.2. The lowest BCUT2D eigenvalue weighted by molar-refractivity contribution is 0.240. The van der Waals surface area contributed by atoms with Crippen molar-refractivity contribution in [2.75, 3.05) is 0 Å². The summed E-state index contributed by atoms with van der Waals surface area (Å²) in [5, 5.41) is 7.03. The summed E-state index contributed by atoms with van der Waals surface area (Å²) in [5.74, 6) is 0. The van der Waals surface area contributed by atoms with Gasteiger partial charge in [0.1, 0.15) is 0 Å². The van der Waals surface area contributed by atoms with Crippen LogP contribution in [0.15, 0.2) is 54.6 Å². The normalized spacial score (nSPS) is 10.7. The Labute approximate surface area is 136 Å². The van der Waals surface area contributed by atoms with Crippen LogP contribution in [-0.4, -0.2) is 10.6 Å². The molecule has 0 aliphatic carbocycles. The Balaban J connectivity index is 1.64. The smallest absolute Gasteiger partial charge is 0.315 e. The zero-order chi connectivity index (χ0) is 16.2. The Bertz CT molecular complexity index is 821. The van der Waals surface area contributed by atoms with Crippen molar-refractivity contribution in [3.05, 3.63) is 71.4 Å². The van der Waals surface area contributed by atoms with Gasteiger partial charge in [-0.2, -0.15) is 0 Å². The second-order valence-electron chi connectivity index (χ2n) is 5.66. The number of hydrogen-bond donors (Lipinski definition) is 2. The Morgan fingerprint density at radius 3 is 2.39 bits per heavy atom. The average molecular weight is 307 g/mol. The molecule has 2 N–H and O–H groups in total. The van der Waals surface area contributed by atoms with Gasteiger partial charge >= 0.3 is 6.03 Å². The third-order valence-corrected chi connectivity index (χ3v) is 4.25. The van der Waals surface area contributed by atoms with E-state index in [1.165, 1.54) is 16.6 Å². The highest BCUT2D eigenvalue weighted by atomic mass is 16.2. The minimum atomic E-state index is -0.152. The summed E-state index contributed by atoms with van der Waals surface area (Å²) in [6.07, 6.45) is 0. The number of fused-ring (bicyclic) bond motifs is 1. The SMILES string of the molecule is Cc1c(CNC(=O)NCc2ccccc2)c2ccccc2n1C. The highest BCUT2D eigenvalue weighted by Crippen LogP contribution is 2.24. The number of urea groups is 1. The van der Waals surface area contributed by atoms with Gasteiger partial charge in [-0.05, 0) is 24.1 Å². The predicted molar refractivity (Wildman–Crippen MR) is 93.2 cm³/mol. The Morgan fingerprint density at radius 2 is 1.61 bits per heavy atom. The van der Waals surface area contributed by atoms with Gasteiger partial charge in [-0.15, -0.1) is 0 Å². The quantitative estimate of drug-likeness (QED) is 0.761. The van der Waals surface area contributed by atoms with Crippen LogP contribution in [-0.2, 0) is 20.1 Å². The second-order valence-corrected chi connectivity index (χ2v) is 5.66. The molecule has 0 saturated carbocycles. The molecule has 2 aromatic carbocycles. The van der Waals surface area contributed by atoms with Crippen LogP contribution >= 0.6 is 0 Å². The number of aryl methyl sites for hydroxylation is 1. The molecule has 23 heavy (non-hydrogen) atoms. The number of amides is 2. The van der Waals surface area contributed by atoms with E-state index in [1.807, 2.05) is 42.5 Å². The van der Waals surface area contributed by atoms with Crippen molar-refractivity contribution in [3.63, 3.8) is 0 Å². The van der Waals surface area contributed by atoms with Crippen LogP contribution in [0.1, 0.15) is 16.8 Å². The van der Waals surface area contributed by atoms with Crippen molar-refractivity contribution in [2.24, 2.45) is 7.05 Å². The largest absolute Gasteiger partial charge is 0.348 e. The summed E-state index contributed by atoms with van der Waals surface area (Å²) in [4.78, 5) is 12.0. The Hall–Kier alpha value is -2.75. The predicted octanol–water partition coefficient (Wildman–Crippen LogP) is 3.49. The van der Waals surface area contributed by atoms with E-state index in [2.05, 4.69) is 41.3 Å². The minimum Gasteiger partial charge on any atom is -0.348 e. The maximum Gasteiger partial charge on any atom is 0.315 e. The van der Waals surface area contributed by atoms with Crippen molar-refractivity contribution < 1.29 is 4.79 Å². The number of carbonyl (C=O) groups is 1. The molecule has 0 unspecified atom stereocenters. The van der Waals surface area contributed by atoms with Crippen molar-refractivity contribution >= 4 is 16.9 Å². The molecule has 0 spiro atoms. The topological polar surface area (TPSA) is 46.1 Å². The molecule has 4 nitrogen and oxygen atoms in total. The number of aromatic nitrogens is 1. The van der Waals surface area contributed by atoms with E-state index in [4.69, 9.17) is 0 Å². The molecule has 0 fully saturated rings. The molecule has 3 aromatic rings. The molecule has 0 atom stereocenters. The van der Waals surface area contributed by atoms with E-state index in [1.54, 1.807) is 0 Å². The number of nitrogens with zero attached hydrogens (tertiary/aromatic N) is 1. The third-order valence-electron chi connectivity index (χ3n) is 4.25. The fourth-order valence-electron chi connectivity index (χ4n) is 2.83. The molecule has 0 saturated heterocycles. The molecule has 0 aliphatic rings. The van der Waals surface area contributed by atoms with Crippen LogP contribution in [0.3, 0.4) is 0 Å². The van der Waals surface area contributed by atoms with E-state index in [0.717, 1.165) is 11.1 Å². The molecule has 4 heteroatoms. The lowest BCUT2D eigenvalue weighted by Gasteiger charge is -2.08. The zero-order valence-corrected chi connectivity index (χ0v) is 13.5. The molecular formula is C19H21N3O. The summed E-state index contributed by atoms with van der Waals surface area (Å²) in [5.41, 5.74) is 4.61. The molecule has 1 aromatic heterocycles. The Kier molecular flexibility index (Phi) is 4.33. The highest BCUT2D eigenvalue weighted by molar-refractivity contribution is 5.86. The molecule has 1 heterocycles. The highest BCUT2D eigenvalue weighted by Gasteiger charge is 2.12. The fourth-order valence-corrected chi connectivity index (χ4v) is 2.83. The molecule has 0 bridgehead atoms. The van der Waals surface area contributed by atoms with Gasteiger partial charge in [0.2, 0.25) is 0 Å². The fraction of sp³-hybridized carbons (Fsp3) is 0.211. The molecular weight excluding hydrogens is 286 g/mol. The van der Waals surface area contributed by atoms with Gasteiger partial charge in [0.15, 0.2) is 0 Å². The van der Waals surface area contributed by atoms with Gasteiger partial charge in [-0.3, -0.25) is 0 Å². The van der Waals surface area contributed by atoms with E-state index < -0.39 is 0 Å². The number of para-hydroxylation sites is 1. The first-order chi connectivity index (χ1) is 11.2. The third kappa shape index (κ3) is 3.21. The van der Waals surface area contributed by atoms with Crippen molar-refractivity contribution in [2.45, 2.75) is 20.0 Å². The van der Waals surface area contributed by atoms with Crippen LogP contribution in [0.2, 0.25) is 0 Å². The molecule has 2 amide bonds. The van der Waals surface area contributed by atoms with Crippen LogP contribution < -0.4 is 10.6 Å². The zero-order valence-electron chi connectivity index (χ0n) is 13.5. The minimum absolute atomic E-state index is 0.152. The van der Waals surface area contributed by atoms with Gasteiger partial charge in [0.25, 0.3) is 0 Å². The first-order valence-electron chi connectivity index (χ1n) is 7.75. The lowest BCUT2D eigenvalue weighted by atomic mass is 10.1. The van der Waals surface area contributed by atoms with Gasteiger partial charge in [0, 0.05) is 36.7 Å². The molecule has 0 radical (unpaired) electrons. The van der Waals surface area contributed by atoms with Gasteiger partial charge in [-0.1, -0.05) is 48.5 Å². The van der Waals surface area contributed by atoms with E-state index in [-0.39, 0.29) is 6.03 Å². The summed E-state index contributed by atoms with van der Waals surface area (Å²) in [7, 11) is 2.05. The number of nitrogens with one attached hydrogen (secondary N) is 2. The number of carbonyl (C=O) groups excluding carboxylic acids is 1. The Morgan fingerprint density at radius 1 is 0.957 bits per heavy atom. The van der Waals surface area contributed by atoms with Crippen molar-refractivity contribution in [3.8, 4) is 0 Å². The second kappa shape index (κ2) is 6.57.